The molecule has 0 radical (unpaired) electrons. The van der Waals surface area contributed by atoms with Crippen LogP contribution in [0.4, 0.5) is 0 Å². The summed E-state index contributed by atoms with van der Waals surface area (Å²) in [4.78, 5) is 4.42. The standard InChI is InChI=1S/C14H24N2OS/c1-5-14(2,17)12-16(8-7-15(3)4)10-13-6-9-18-11-13/h5-6,9,11,17H,1,7-8,10,12H2,2-4H3. The minimum absolute atomic E-state index is 0.611. The number of thiophene rings is 1. The van der Waals surface area contributed by atoms with Crippen molar-refractivity contribution in [3.8, 4) is 0 Å². The first-order chi connectivity index (χ1) is 8.43. The third-order valence-electron chi connectivity index (χ3n) is 2.83. The lowest BCUT2D eigenvalue weighted by Gasteiger charge is -2.30. The Morgan fingerprint density at radius 2 is 2.17 bits per heavy atom. The van der Waals surface area contributed by atoms with Crippen molar-refractivity contribution in [2.75, 3.05) is 33.7 Å². The summed E-state index contributed by atoms with van der Waals surface area (Å²) in [5.74, 6) is 0. The van der Waals surface area contributed by atoms with E-state index in [0.717, 1.165) is 19.6 Å². The Bertz CT molecular complexity index is 347. The van der Waals surface area contributed by atoms with Crippen LogP contribution in [0, 0.1) is 0 Å². The molecule has 1 unspecified atom stereocenters. The first kappa shape index (κ1) is 15.4. The van der Waals surface area contributed by atoms with Gasteiger partial charge < -0.3 is 10.0 Å². The molecule has 102 valence electrons. The highest BCUT2D eigenvalue weighted by molar-refractivity contribution is 7.07. The summed E-state index contributed by atoms with van der Waals surface area (Å²) in [6.45, 7) is 8.90. The van der Waals surface area contributed by atoms with Crippen LogP contribution in [0.2, 0.25) is 0 Å². The molecule has 0 amide bonds. The van der Waals surface area contributed by atoms with Gasteiger partial charge in [-0.3, -0.25) is 4.90 Å². The molecule has 1 aromatic heterocycles. The molecule has 3 nitrogen and oxygen atoms in total. The minimum Gasteiger partial charge on any atom is -0.385 e. The smallest absolute Gasteiger partial charge is 0.0923 e. The molecule has 0 spiro atoms. The van der Waals surface area contributed by atoms with E-state index in [9.17, 15) is 5.11 Å². The lowest BCUT2D eigenvalue weighted by atomic mass is 10.1. The maximum absolute atomic E-state index is 10.1. The van der Waals surface area contributed by atoms with Crippen LogP contribution >= 0.6 is 11.3 Å². The summed E-state index contributed by atoms with van der Waals surface area (Å²) >= 11 is 1.71. The van der Waals surface area contributed by atoms with E-state index in [1.807, 2.05) is 0 Å². The Labute approximate surface area is 114 Å². The summed E-state index contributed by atoms with van der Waals surface area (Å²) in [6, 6.07) is 2.13. The lowest BCUT2D eigenvalue weighted by molar-refractivity contribution is 0.0562. The van der Waals surface area contributed by atoms with Crippen molar-refractivity contribution < 1.29 is 5.11 Å². The van der Waals surface area contributed by atoms with E-state index in [-0.39, 0.29) is 0 Å². The first-order valence-corrected chi connectivity index (χ1v) is 7.11. The van der Waals surface area contributed by atoms with Gasteiger partial charge in [0.2, 0.25) is 0 Å². The number of hydrogen-bond acceptors (Lipinski definition) is 4. The zero-order valence-corrected chi connectivity index (χ0v) is 12.4. The summed E-state index contributed by atoms with van der Waals surface area (Å²) < 4.78 is 0. The average Bonchev–Trinajstić information content (AvgIpc) is 2.78. The van der Waals surface area contributed by atoms with Gasteiger partial charge in [-0.05, 0) is 43.4 Å². The number of hydrogen-bond donors (Lipinski definition) is 1. The van der Waals surface area contributed by atoms with Gasteiger partial charge in [0.1, 0.15) is 0 Å². The number of nitrogens with zero attached hydrogens (tertiary/aromatic N) is 2. The van der Waals surface area contributed by atoms with E-state index in [2.05, 4.69) is 47.3 Å². The molecule has 0 aliphatic carbocycles. The van der Waals surface area contributed by atoms with E-state index in [0.29, 0.717) is 6.54 Å². The molecule has 0 bridgehead atoms. The SMILES string of the molecule is C=CC(C)(O)CN(CCN(C)C)Cc1ccsc1. The normalized spacial score (nSPS) is 15.0. The Morgan fingerprint density at radius 1 is 1.44 bits per heavy atom. The van der Waals surface area contributed by atoms with Gasteiger partial charge in [-0.2, -0.15) is 11.3 Å². The fourth-order valence-corrected chi connectivity index (χ4v) is 2.37. The minimum atomic E-state index is -0.831. The molecular weight excluding hydrogens is 244 g/mol. The van der Waals surface area contributed by atoms with Crippen LogP contribution in [-0.4, -0.2) is 54.2 Å². The van der Waals surface area contributed by atoms with Crippen LogP contribution in [0.5, 0.6) is 0 Å². The van der Waals surface area contributed by atoms with E-state index < -0.39 is 5.60 Å². The van der Waals surface area contributed by atoms with Crippen molar-refractivity contribution in [1.82, 2.24) is 9.80 Å². The lowest BCUT2D eigenvalue weighted by Crippen LogP contribution is -2.41. The molecule has 1 rings (SSSR count). The van der Waals surface area contributed by atoms with Gasteiger partial charge in [0.15, 0.2) is 0 Å². The summed E-state index contributed by atoms with van der Waals surface area (Å²) in [7, 11) is 4.13. The topological polar surface area (TPSA) is 26.7 Å². The van der Waals surface area contributed by atoms with E-state index >= 15 is 0 Å². The molecule has 1 heterocycles. The quantitative estimate of drug-likeness (QED) is 0.731. The first-order valence-electron chi connectivity index (χ1n) is 6.17. The number of aliphatic hydroxyl groups is 1. The van der Waals surface area contributed by atoms with E-state index in [1.165, 1.54) is 5.56 Å². The highest BCUT2D eigenvalue weighted by atomic mass is 32.1. The van der Waals surface area contributed by atoms with E-state index in [1.54, 1.807) is 24.3 Å². The van der Waals surface area contributed by atoms with Gasteiger partial charge in [-0.25, -0.2) is 0 Å². The van der Waals surface area contributed by atoms with E-state index in [4.69, 9.17) is 0 Å². The van der Waals surface area contributed by atoms with Crippen LogP contribution in [-0.2, 0) is 6.54 Å². The largest absolute Gasteiger partial charge is 0.385 e. The number of likely N-dealkylation sites (N-methyl/N-ethyl adjacent to an activating group) is 1. The fraction of sp³-hybridized carbons (Fsp3) is 0.571. The zero-order chi connectivity index (χ0) is 13.6. The molecule has 0 aromatic carbocycles. The summed E-state index contributed by atoms with van der Waals surface area (Å²) in [5, 5.41) is 14.4. The Hall–Kier alpha value is -0.680. The average molecular weight is 268 g/mol. The van der Waals surface area contributed by atoms with Crippen molar-refractivity contribution >= 4 is 11.3 Å². The molecule has 1 atom stereocenters. The molecule has 1 aromatic rings. The molecule has 0 saturated heterocycles. The monoisotopic (exact) mass is 268 g/mol. The molecule has 0 aliphatic rings. The van der Waals surface area contributed by atoms with Gasteiger partial charge in [0, 0.05) is 26.2 Å². The molecule has 18 heavy (non-hydrogen) atoms. The molecule has 0 saturated carbocycles. The van der Waals surface area contributed by atoms with Crippen LogP contribution in [0.25, 0.3) is 0 Å². The third-order valence-corrected chi connectivity index (χ3v) is 3.57. The third kappa shape index (κ3) is 5.78. The van der Waals surface area contributed by atoms with Gasteiger partial charge in [-0.1, -0.05) is 6.08 Å². The Morgan fingerprint density at radius 3 is 2.67 bits per heavy atom. The van der Waals surface area contributed by atoms with Crippen LogP contribution < -0.4 is 0 Å². The molecule has 0 aliphatic heterocycles. The summed E-state index contributed by atoms with van der Waals surface area (Å²) in [5.41, 5.74) is 0.473. The summed E-state index contributed by atoms with van der Waals surface area (Å²) in [6.07, 6.45) is 1.61. The Kier molecular flexibility index (Phi) is 6.02. The fourth-order valence-electron chi connectivity index (χ4n) is 1.71. The van der Waals surface area contributed by atoms with Crippen molar-refractivity contribution in [2.45, 2.75) is 19.1 Å². The van der Waals surface area contributed by atoms with Gasteiger partial charge in [0.25, 0.3) is 0 Å². The van der Waals surface area contributed by atoms with Crippen LogP contribution in [0.1, 0.15) is 12.5 Å². The highest BCUT2D eigenvalue weighted by Crippen LogP contribution is 2.13. The maximum Gasteiger partial charge on any atom is 0.0923 e. The van der Waals surface area contributed by atoms with Gasteiger partial charge in [-0.15, -0.1) is 6.58 Å². The van der Waals surface area contributed by atoms with Crippen molar-refractivity contribution in [1.29, 1.82) is 0 Å². The predicted octanol–water partition coefficient (Wildman–Crippen LogP) is 2.05. The molecule has 0 fully saturated rings. The van der Waals surface area contributed by atoms with Crippen molar-refractivity contribution in [3.05, 3.63) is 35.0 Å². The number of rotatable bonds is 8. The van der Waals surface area contributed by atoms with Gasteiger partial charge >= 0.3 is 0 Å². The predicted molar refractivity (Wildman–Crippen MR) is 79.0 cm³/mol. The maximum atomic E-state index is 10.1. The second-order valence-corrected chi connectivity index (χ2v) is 5.99. The zero-order valence-electron chi connectivity index (χ0n) is 11.6. The van der Waals surface area contributed by atoms with Crippen molar-refractivity contribution in [2.24, 2.45) is 0 Å². The second-order valence-electron chi connectivity index (χ2n) is 5.21. The molecule has 4 heteroatoms. The van der Waals surface area contributed by atoms with Crippen LogP contribution in [0.15, 0.2) is 29.5 Å². The molecule has 1 N–H and O–H groups in total. The van der Waals surface area contributed by atoms with Gasteiger partial charge in [0.05, 0.1) is 5.60 Å². The second kappa shape index (κ2) is 7.04. The Balaban J connectivity index is 2.59. The van der Waals surface area contributed by atoms with Crippen LogP contribution in [0.3, 0.4) is 0 Å². The highest BCUT2D eigenvalue weighted by Gasteiger charge is 2.20. The van der Waals surface area contributed by atoms with Crippen molar-refractivity contribution in [3.63, 3.8) is 0 Å². The molecular formula is C14H24N2OS.